The van der Waals surface area contributed by atoms with Gasteiger partial charge in [-0.05, 0) is 38.0 Å². The molecule has 2 N–H and O–H groups in total. The average molecular weight is 281 g/mol. The maximum absolute atomic E-state index is 11.7. The molecule has 1 aromatic heterocycles. The molecular weight excluding hydrogens is 258 g/mol. The zero-order chi connectivity index (χ0) is 14.3. The number of hydrogen-bond donors (Lipinski definition) is 2. The van der Waals surface area contributed by atoms with Crippen LogP contribution in [0.5, 0.6) is 0 Å². The molecule has 0 radical (unpaired) electrons. The van der Waals surface area contributed by atoms with Gasteiger partial charge >= 0.3 is 0 Å². The summed E-state index contributed by atoms with van der Waals surface area (Å²) in [5.41, 5.74) is -0.191. The first kappa shape index (κ1) is 15.9. The number of carbonyl (C=O) groups is 1. The fraction of sp³-hybridized carbons (Fsp3) is 0.533. The van der Waals surface area contributed by atoms with Gasteiger partial charge in [0.15, 0.2) is 0 Å². The van der Waals surface area contributed by atoms with Gasteiger partial charge in [-0.15, -0.1) is 11.3 Å². The van der Waals surface area contributed by atoms with E-state index in [1.165, 1.54) is 4.88 Å². The molecule has 0 aliphatic heterocycles. The van der Waals surface area contributed by atoms with Gasteiger partial charge in [-0.1, -0.05) is 13.8 Å². The van der Waals surface area contributed by atoms with Gasteiger partial charge in [-0.25, -0.2) is 0 Å². The van der Waals surface area contributed by atoms with Gasteiger partial charge in [0.05, 0.1) is 6.61 Å². The summed E-state index contributed by atoms with van der Waals surface area (Å²) in [6.45, 7) is 6.74. The van der Waals surface area contributed by atoms with Crippen LogP contribution in [-0.4, -0.2) is 24.2 Å². The quantitative estimate of drug-likeness (QED) is 0.755. The van der Waals surface area contributed by atoms with Crippen LogP contribution in [-0.2, 0) is 4.79 Å². The predicted octanol–water partition coefficient (Wildman–Crippen LogP) is 2.98. The summed E-state index contributed by atoms with van der Waals surface area (Å²) >= 11 is 1.66. The molecule has 1 aromatic rings. The molecular formula is C15H23NO2S. The van der Waals surface area contributed by atoms with Crippen LogP contribution >= 0.6 is 11.3 Å². The van der Waals surface area contributed by atoms with Crippen molar-refractivity contribution in [3.63, 3.8) is 0 Å². The molecule has 0 bridgehead atoms. The zero-order valence-electron chi connectivity index (χ0n) is 11.9. The Hall–Kier alpha value is -1.13. The second-order valence-corrected chi connectivity index (χ2v) is 6.18. The molecule has 1 heterocycles. The van der Waals surface area contributed by atoms with Gasteiger partial charge in [-0.3, -0.25) is 4.79 Å². The Kier molecular flexibility index (Phi) is 6.25. The van der Waals surface area contributed by atoms with E-state index in [4.69, 9.17) is 0 Å². The number of hydrogen-bond acceptors (Lipinski definition) is 3. The van der Waals surface area contributed by atoms with E-state index < -0.39 is 0 Å². The molecule has 0 aliphatic rings. The maximum Gasteiger partial charge on any atom is 0.244 e. The molecule has 0 aliphatic carbocycles. The fourth-order valence-corrected chi connectivity index (χ4v) is 2.59. The van der Waals surface area contributed by atoms with Crippen molar-refractivity contribution in [3.05, 3.63) is 28.0 Å². The van der Waals surface area contributed by atoms with Crippen molar-refractivity contribution in [3.8, 4) is 0 Å². The molecule has 1 rings (SSSR count). The number of amides is 1. The molecule has 0 atom stereocenters. The van der Waals surface area contributed by atoms with Crippen molar-refractivity contribution in [2.45, 2.75) is 33.6 Å². The Balaban J connectivity index is 2.49. The Labute approximate surface area is 119 Å². The molecule has 0 saturated carbocycles. The monoisotopic (exact) mass is 281 g/mol. The summed E-state index contributed by atoms with van der Waals surface area (Å²) in [5, 5.41) is 12.3. The highest BCUT2D eigenvalue weighted by Gasteiger charge is 2.25. The van der Waals surface area contributed by atoms with E-state index in [-0.39, 0.29) is 17.9 Å². The van der Waals surface area contributed by atoms with Gasteiger partial charge in [0.25, 0.3) is 0 Å². The van der Waals surface area contributed by atoms with Gasteiger partial charge < -0.3 is 10.4 Å². The summed E-state index contributed by atoms with van der Waals surface area (Å²) in [4.78, 5) is 14.1. The van der Waals surface area contributed by atoms with E-state index in [0.29, 0.717) is 6.54 Å². The molecule has 0 unspecified atom stereocenters. The minimum absolute atomic E-state index is 0.105. The lowest BCUT2D eigenvalue weighted by molar-refractivity contribution is -0.117. The van der Waals surface area contributed by atoms with Crippen LogP contribution in [0.4, 0.5) is 0 Å². The lowest BCUT2D eigenvalue weighted by Crippen LogP contribution is -2.38. The second kappa shape index (κ2) is 7.46. The number of aliphatic hydroxyl groups is 1. The number of carbonyl (C=O) groups excluding carboxylic acids is 1. The second-order valence-electron chi connectivity index (χ2n) is 4.86. The molecule has 0 aromatic carbocycles. The summed E-state index contributed by atoms with van der Waals surface area (Å²) in [7, 11) is 0. The largest absolute Gasteiger partial charge is 0.396 e. The van der Waals surface area contributed by atoms with E-state index in [2.05, 4.69) is 5.32 Å². The van der Waals surface area contributed by atoms with Gasteiger partial charge in [0.1, 0.15) is 0 Å². The van der Waals surface area contributed by atoms with Crippen LogP contribution in [0.15, 0.2) is 18.2 Å². The molecule has 4 heteroatoms. The first-order valence-corrected chi connectivity index (χ1v) is 7.50. The topological polar surface area (TPSA) is 49.3 Å². The smallest absolute Gasteiger partial charge is 0.244 e. The number of aliphatic hydroxyl groups excluding tert-OH is 1. The Morgan fingerprint density at radius 3 is 2.58 bits per heavy atom. The van der Waals surface area contributed by atoms with Crippen molar-refractivity contribution in [1.29, 1.82) is 0 Å². The van der Waals surface area contributed by atoms with Crippen molar-refractivity contribution >= 4 is 23.3 Å². The molecule has 0 fully saturated rings. The van der Waals surface area contributed by atoms with E-state index in [1.54, 1.807) is 17.4 Å². The van der Waals surface area contributed by atoms with Gasteiger partial charge in [-0.2, -0.15) is 0 Å². The van der Waals surface area contributed by atoms with Crippen molar-refractivity contribution in [2.24, 2.45) is 5.41 Å². The highest BCUT2D eigenvalue weighted by atomic mass is 32.1. The SMILES string of the molecule is CCC(CC)(CO)CNC(=O)/C=C/c1ccc(C)s1. The first-order chi connectivity index (χ1) is 9.05. The first-order valence-electron chi connectivity index (χ1n) is 6.68. The minimum Gasteiger partial charge on any atom is -0.396 e. The average Bonchev–Trinajstić information content (AvgIpc) is 2.84. The van der Waals surface area contributed by atoms with E-state index >= 15 is 0 Å². The molecule has 106 valence electrons. The molecule has 0 spiro atoms. The zero-order valence-corrected chi connectivity index (χ0v) is 12.7. The minimum atomic E-state index is -0.191. The highest BCUT2D eigenvalue weighted by molar-refractivity contribution is 7.12. The number of rotatable bonds is 7. The van der Waals surface area contributed by atoms with Crippen LogP contribution < -0.4 is 5.32 Å². The predicted molar refractivity (Wildman–Crippen MR) is 81.2 cm³/mol. The lowest BCUT2D eigenvalue weighted by atomic mass is 9.83. The Morgan fingerprint density at radius 2 is 2.11 bits per heavy atom. The van der Waals surface area contributed by atoms with Gasteiger partial charge in [0.2, 0.25) is 5.91 Å². The van der Waals surface area contributed by atoms with E-state index in [1.807, 2.05) is 39.0 Å². The summed E-state index contributed by atoms with van der Waals surface area (Å²) in [5.74, 6) is -0.106. The number of aryl methyl sites for hydroxylation is 1. The van der Waals surface area contributed by atoms with Crippen LogP contribution in [0.3, 0.4) is 0 Å². The number of nitrogens with one attached hydrogen (secondary N) is 1. The molecule has 0 saturated heterocycles. The summed E-state index contributed by atoms with van der Waals surface area (Å²) in [6.07, 6.45) is 5.09. The van der Waals surface area contributed by atoms with Crippen molar-refractivity contribution in [2.75, 3.05) is 13.2 Å². The van der Waals surface area contributed by atoms with Crippen LogP contribution in [0, 0.1) is 12.3 Å². The third kappa shape index (κ3) is 4.80. The lowest BCUT2D eigenvalue weighted by Gasteiger charge is -2.29. The van der Waals surface area contributed by atoms with Crippen LogP contribution in [0.2, 0.25) is 0 Å². The fourth-order valence-electron chi connectivity index (χ4n) is 1.81. The Bertz CT molecular complexity index is 425. The van der Waals surface area contributed by atoms with Crippen molar-refractivity contribution in [1.82, 2.24) is 5.32 Å². The standard InChI is InChI=1S/C15H23NO2S/c1-4-15(5-2,11-17)10-16-14(18)9-8-13-7-6-12(3)19-13/h6-9,17H,4-5,10-11H2,1-3H3,(H,16,18)/b9-8+. The normalized spacial score (nSPS) is 12.0. The van der Waals surface area contributed by atoms with Gasteiger partial charge in [0, 0.05) is 27.8 Å². The number of thiophene rings is 1. The van der Waals surface area contributed by atoms with E-state index in [9.17, 15) is 9.90 Å². The van der Waals surface area contributed by atoms with E-state index in [0.717, 1.165) is 17.7 Å². The third-order valence-corrected chi connectivity index (χ3v) is 4.60. The maximum atomic E-state index is 11.7. The highest BCUT2D eigenvalue weighted by Crippen LogP contribution is 2.24. The summed E-state index contributed by atoms with van der Waals surface area (Å²) in [6, 6.07) is 4.03. The molecule has 3 nitrogen and oxygen atoms in total. The summed E-state index contributed by atoms with van der Waals surface area (Å²) < 4.78 is 0. The molecule has 19 heavy (non-hydrogen) atoms. The van der Waals surface area contributed by atoms with Crippen molar-refractivity contribution < 1.29 is 9.90 Å². The third-order valence-electron chi connectivity index (χ3n) is 3.63. The van der Waals surface area contributed by atoms with Crippen LogP contribution in [0.1, 0.15) is 36.4 Å². The molecule has 1 amide bonds. The van der Waals surface area contributed by atoms with Crippen LogP contribution in [0.25, 0.3) is 6.08 Å². The Morgan fingerprint density at radius 1 is 1.42 bits per heavy atom.